The molecule has 0 saturated heterocycles. The topological polar surface area (TPSA) is 86.5 Å². The van der Waals surface area contributed by atoms with Gasteiger partial charge in [-0.15, -0.1) is 0 Å². The number of carbonyl (C=O) groups is 1. The second-order valence-electron chi connectivity index (χ2n) is 3.85. The molecule has 0 aliphatic rings. The van der Waals surface area contributed by atoms with Crippen molar-refractivity contribution in [1.29, 1.82) is 0 Å². The molecule has 5 nitrogen and oxygen atoms in total. The number of ether oxygens (including phenoxy) is 1. The van der Waals surface area contributed by atoms with E-state index in [1.807, 2.05) is 0 Å². The van der Waals surface area contributed by atoms with Gasteiger partial charge in [0.2, 0.25) is 0 Å². The maximum absolute atomic E-state index is 11.6. The number of esters is 1. The van der Waals surface area contributed by atoms with Gasteiger partial charge in [0.25, 0.3) is 0 Å². The van der Waals surface area contributed by atoms with Crippen LogP contribution in [0, 0.1) is 0 Å². The predicted octanol–water partition coefficient (Wildman–Crippen LogP) is 1.51. The van der Waals surface area contributed by atoms with Gasteiger partial charge in [-0.25, -0.2) is 13.2 Å². The molecule has 0 saturated carbocycles. The molecule has 0 radical (unpaired) electrons. The van der Waals surface area contributed by atoms with Crippen molar-refractivity contribution in [2.24, 2.45) is 0 Å². The first kappa shape index (κ1) is 14.8. The molecule has 0 aliphatic carbocycles. The van der Waals surface area contributed by atoms with E-state index >= 15 is 0 Å². The first-order valence-corrected chi connectivity index (χ1v) is 7.63. The molecule has 0 aliphatic heterocycles. The van der Waals surface area contributed by atoms with Crippen molar-refractivity contribution in [3.05, 3.63) is 28.8 Å². The molecule has 0 bridgehead atoms. The Hall–Kier alpha value is -1.27. The van der Waals surface area contributed by atoms with E-state index in [1.54, 1.807) is 6.07 Å². The Balaban J connectivity index is 2.53. The van der Waals surface area contributed by atoms with Crippen LogP contribution >= 0.6 is 11.6 Å². The van der Waals surface area contributed by atoms with E-state index in [9.17, 15) is 13.2 Å². The molecular formula is C11H14ClNO4S. The maximum Gasteiger partial charge on any atom is 0.340 e. The smallest absolute Gasteiger partial charge is 0.340 e. The van der Waals surface area contributed by atoms with E-state index in [0.717, 1.165) is 6.26 Å². The molecule has 0 amide bonds. The van der Waals surface area contributed by atoms with E-state index in [2.05, 4.69) is 0 Å². The molecule has 0 atom stereocenters. The molecule has 1 rings (SSSR count). The second kappa shape index (κ2) is 6.06. The summed E-state index contributed by atoms with van der Waals surface area (Å²) in [6.45, 7) is 0.0257. The fourth-order valence-electron chi connectivity index (χ4n) is 1.27. The molecule has 100 valence electrons. The number of nitrogen functional groups attached to an aromatic ring is 1. The summed E-state index contributed by atoms with van der Waals surface area (Å²) in [5.41, 5.74) is 6.06. The van der Waals surface area contributed by atoms with Crippen LogP contribution in [-0.4, -0.2) is 33.0 Å². The van der Waals surface area contributed by atoms with Gasteiger partial charge in [-0.2, -0.15) is 0 Å². The Morgan fingerprint density at radius 3 is 2.72 bits per heavy atom. The number of carbonyl (C=O) groups excluding carboxylic acids is 1. The van der Waals surface area contributed by atoms with Crippen LogP contribution in [0.5, 0.6) is 0 Å². The number of hydrogen-bond acceptors (Lipinski definition) is 5. The SMILES string of the molecule is CS(=O)(=O)CCCOC(=O)c1cc(Cl)ccc1N. The Morgan fingerprint density at radius 1 is 1.44 bits per heavy atom. The number of sulfone groups is 1. The van der Waals surface area contributed by atoms with E-state index < -0.39 is 15.8 Å². The predicted molar refractivity (Wildman–Crippen MR) is 70.5 cm³/mol. The lowest BCUT2D eigenvalue weighted by atomic mass is 10.2. The van der Waals surface area contributed by atoms with Crippen molar-refractivity contribution in [1.82, 2.24) is 0 Å². The summed E-state index contributed by atoms with van der Waals surface area (Å²) < 4.78 is 26.7. The van der Waals surface area contributed by atoms with Crippen LogP contribution in [-0.2, 0) is 14.6 Å². The largest absolute Gasteiger partial charge is 0.462 e. The van der Waals surface area contributed by atoms with Crippen LogP contribution in [0.25, 0.3) is 0 Å². The number of anilines is 1. The lowest BCUT2D eigenvalue weighted by Crippen LogP contribution is -2.12. The molecule has 7 heteroatoms. The highest BCUT2D eigenvalue weighted by molar-refractivity contribution is 7.90. The van der Waals surface area contributed by atoms with Crippen molar-refractivity contribution < 1.29 is 17.9 Å². The van der Waals surface area contributed by atoms with Gasteiger partial charge in [-0.05, 0) is 24.6 Å². The van der Waals surface area contributed by atoms with Gasteiger partial charge >= 0.3 is 5.97 Å². The third kappa shape index (κ3) is 4.93. The van der Waals surface area contributed by atoms with E-state index in [-0.39, 0.29) is 30.0 Å². The van der Waals surface area contributed by atoms with Gasteiger partial charge < -0.3 is 10.5 Å². The van der Waals surface area contributed by atoms with Crippen molar-refractivity contribution in [2.75, 3.05) is 24.3 Å². The minimum Gasteiger partial charge on any atom is -0.462 e. The van der Waals surface area contributed by atoms with E-state index in [1.165, 1.54) is 12.1 Å². The van der Waals surface area contributed by atoms with Crippen molar-refractivity contribution in [2.45, 2.75) is 6.42 Å². The van der Waals surface area contributed by atoms with Crippen LogP contribution in [0.3, 0.4) is 0 Å². The van der Waals surface area contributed by atoms with Crippen LogP contribution in [0.2, 0.25) is 5.02 Å². The molecule has 0 fully saturated rings. The lowest BCUT2D eigenvalue weighted by Gasteiger charge is -2.07. The summed E-state index contributed by atoms with van der Waals surface area (Å²) in [7, 11) is -3.04. The highest BCUT2D eigenvalue weighted by Gasteiger charge is 2.12. The monoisotopic (exact) mass is 291 g/mol. The molecule has 0 heterocycles. The molecule has 0 aromatic heterocycles. The first-order chi connectivity index (χ1) is 8.29. The summed E-state index contributed by atoms with van der Waals surface area (Å²) in [6, 6.07) is 4.49. The van der Waals surface area contributed by atoms with Gasteiger partial charge in [0.1, 0.15) is 9.84 Å². The highest BCUT2D eigenvalue weighted by Crippen LogP contribution is 2.18. The number of nitrogens with two attached hydrogens (primary N) is 1. The Bertz CT molecular complexity index is 542. The zero-order valence-corrected chi connectivity index (χ0v) is 11.4. The first-order valence-electron chi connectivity index (χ1n) is 5.19. The van der Waals surface area contributed by atoms with Crippen LogP contribution < -0.4 is 5.73 Å². The average molecular weight is 292 g/mol. The van der Waals surface area contributed by atoms with Gasteiger partial charge in [-0.3, -0.25) is 0 Å². The highest BCUT2D eigenvalue weighted by atomic mass is 35.5. The summed E-state index contributed by atoms with van der Waals surface area (Å²) in [5.74, 6) is -0.630. The zero-order valence-electron chi connectivity index (χ0n) is 9.85. The van der Waals surface area contributed by atoms with Crippen LogP contribution in [0.15, 0.2) is 18.2 Å². The van der Waals surface area contributed by atoms with Crippen molar-refractivity contribution in [3.63, 3.8) is 0 Å². The molecule has 18 heavy (non-hydrogen) atoms. The fraction of sp³-hybridized carbons (Fsp3) is 0.364. The molecular weight excluding hydrogens is 278 g/mol. The van der Waals surface area contributed by atoms with Crippen molar-refractivity contribution in [3.8, 4) is 0 Å². The van der Waals surface area contributed by atoms with Gasteiger partial charge in [0, 0.05) is 17.0 Å². The zero-order chi connectivity index (χ0) is 13.8. The number of benzene rings is 1. The van der Waals surface area contributed by atoms with E-state index in [0.29, 0.717) is 5.02 Å². The number of hydrogen-bond donors (Lipinski definition) is 1. The lowest BCUT2D eigenvalue weighted by molar-refractivity contribution is 0.0507. The third-order valence-electron chi connectivity index (χ3n) is 2.13. The molecule has 1 aromatic carbocycles. The second-order valence-corrected chi connectivity index (χ2v) is 6.55. The summed E-state index contributed by atoms with van der Waals surface area (Å²) >= 11 is 5.74. The van der Waals surface area contributed by atoms with Gasteiger partial charge in [0.15, 0.2) is 0 Å². The number of rotatable bonds is 5. The van der Waals surface area contributed by atoms with Crippen molar-refractivity contribution >= 4 is 33.1 Å². The quantitative estimate of drug-likeness (QED) is 0.505. The molecule has 1 aromatic rings. The van der Waals surface area contributed by atoms with Gasteiger partial charge in [-0.1, -0.05) is 11.6 Å². The molecule has 0 spiro atoms. The Labute approximate surface area is 111 Å². The minimum absolute atomic E-state index is 0.0225. The van der Waals surface area contributed by atoms with E-state index in [4.69, 9.17) is 22.1 Å². The summed E-state index contributed by atoms with van der Waals surface area (Å²) in [5, 5.41) is 0.382. The fourth-order valence-corrected chi connectivity index (χ4v) is 2.08. The van der Waals surface area contributed by atoms with Gasteiger partial charge in [0.05, 0.1) is 17.9 Å². The average Bonchev–Trinajstić information content (AvgIpc) is 2.26. The van der Waals surface area contributed by atoms with Crippen LogP contribution in [0.4, 0.5) is 5.69 Å². The Kier molecular flexibility index (Phi) is 4.98. The maximum atomic E-state index is 11.6. The normalized spacial score (nSPS) is 11.2. The Morgan fingerprint density at radius 2 is 2.11 bits per heavy atom. The molecule has 0 unspecified atom stereocenters. The molecule has 2 N–H and O–H groups in total. The van der Waals surface area contributed by atoms with Crippen LogP contribution in [0.1, 0.15) is 16.8 Å². The summed E-state index contributed by atoms with van der Waals surface area (Å²) in [4.78, 5) is 11.6. The number of halogens is 1. The minimum atomic E-state index is -3.04. The summed E-state index contributed by atoms with van der Waals surface area (Å²) in [6.07, 6.45) is 1.38. The third-order valence-corrected chi connectivity index (χ3v) is 3.39. The standard InChI is InChI=1S/C11H14ClNO4S/c1-18(15,16)6-2-5-17-11(14)9-7-8(12)3-4-10(9)13/h3-4,7H,2,5-6,13H2,1H3.